The second-order valence-corrected chi connectivity index (χ2v) is 5.51. The van der Waals surface area contributed by atoms with Crippen molar-refractivity contribution < 1.29 is 4.79 Å². The molecule has 3 nitrogen and oxygen atoms in total. The zero-order chi connectivity index (χ0) is 13.0. The topological polar surface area (TPSA) is 42.0 Å². The quantitative estimate of drug-likeness (QED) is 0.899. The van der Waals surface area contributed by atoms with Crippen molar-refractivity contribution in [2.24, 2.45) is 0 Å². The van der Waals surface area contributed by atoms with Gasteiger partial charge in [0.15, 0.2) is 0 Å². The molecular weight excluding hydrogens is 360 g/mol. The van der Waals surface area contributed by atoms with Gasteiger partial charge in [0.25, 0.3) is 5.91 Å². The summed E-state index contributed by atoms with van der Waals surface area (Å²) in [5.74, 6) is -0.178. The van der Waals surface area contributed by atoms with Crippen LogP contribution in [0.3, 0.4) is 0 Å². The number of nitrogens with one attached hydrogen (secondary N) is 1. The number of pyridine rings is 1. The number of carbonyl (C=O) groups is 1. The van der Waals surface area contributed by atoms with E-state index < -0.39 is 0 Å². The van der Waals surface area contributed by atoms with Crippen LogP contribution in [0, 0.1) is 0 Å². The number of carbonyl (C=O) groups excluding carboxylic acids is 1. The van der Waals surface area contributed by atoms with E-state index in [1.54, 1.807) is 18.3 Å². The van der Waals surface area contributed by atoms with Crippen LogP contribution in [0.25, 0.3) is 0 Å². The van der Waals surface area contributed by atoms with Crippen LogP contribution in [-0.2, 0) is 6.54 Å². The van der Waals surface area contributed by atoms with Gasteiger partial charge in [-0.25, -0.2) is 4.98 Å². The van der Waals surface area contributed by atoms with Crippen LogP contribution < -0.4 is 5.32 Å². The SMILES string of the molecule is O=C(NCc1cccc(Br)c1)c1ccc(Br)cn1. The zero-order valence-electron chi connectivity index (χ0n) is 9.36. The minimum Gasteiger partial charge on any atom is -0.347 e. The van der Waals surface area contributed by atoms with Crippen LogP contribution in [0.4, 0.5) is 0 Å². The van der Waals surface area contributed by atoms with E-state index in [1.807, 2.05) is 24.3 Å². The van der Waals surface area contributed by atoms with Crippen molar-refractivity contribution >= 4 is 37.8 Å². The van der Waals surface area contributed by atoms with Crippen molar-refractivity contribution in [2.75, 3.05) is 0 Å². The summed E-state index contributed by atoms with van der Waals surface area (Å²) in [5, 5.41) is 2.82. The number of hydrogen-bond donors (Lipinski definition) is 1. The predicted octanol–water partition coefficient (Wildman–Crippen LogP) is 3.54. The van der Waals surface area contributed by atoms with Gasteiger partial charge >= 0.3 is 0 Å². The van der Waals surface area contributed by atoms with E-state index in [1.165, 1.54) is 0 Å². The molecule has 0 aliphatic rings. The third-order valence-electron chi connectivity index (χ3n) is 2.30. The van der Waals surface area contributed by atoms with Crippen molar-refractivity contribution in [3.63, 3.8) is 0 Å². The van der Waals surface area contributed by atoms with Crippen molar-refractivity contribution in [1.82, 2.24) is 10.3 Å². The Hall–Kier alpha value is -1.20. The number of amides is 1. The highest BCUT2D eigenvalue weighted by Crippen LogP contribution is 2.11. The Morgan fingerprint density at radius 3 is 2.67 bits per heavy atom. The third kappa shape index (κ3) is 3.65. The maximum atomic E-state index is 11.8. The van der Waals surface area contributed by atoms with Crippen LogP contribution >= 0.6 is 31.9 Å². The second-order valence-electron chi connectivity index (χ2n) is 3.67. The van der Waals surface area contributed by atoms with E-state index >= 15 is 0 Å². The molecule has 1 amide bonds. The largest absolute Gasteiger partial charge is 0.347 e. The number of rotatable bonds is 3. The molecule has 1 heterocycles. The summed E-state index contributed by atoms with van der Waals surface area (Å²) in [4.78, 5) is 15.9. The van der Waals surface area contributed by atoms with Crippen LogP contribution in [0.2, 0.25) is 0 Å². The van der Waals surface area contributed by atoms with Crippen LogP contribution in [0.5, 0.6) is 0 Å². The fraction of sp³-hybridized carbons (Fsp3) is 0.0769. The molecule has 1 aromatic carbocycles. The zero-order valence-corrected chi connectivity index (χ0v) is 12.5. The lowest BCUT2D eigenvalue weighted by atomic mass is 10.2. The Morgan fingerprint density at radius 2 is 2.00 bits per heavy atom. The molecule has 2 aromatic rings. The van der Waals surface area contributed by atoms with Gasteiger partial charge in [0, 0.05) is 21.7 Å². The molecule has 2 rings (SSSR count). The number of benzene rings is 1. The molecule has 1 N–H and O–H groups in total. The van der Waals surface area contributed by atoms with Gasteiger partial charge in [0.1, 0.15) is 5.69 Å². The van der Waals surface area contributed by atoms with Gasteiger partial charge in [-0.05, 0) is 45.8 Å². The highest BCUT2D eigenvalue weighted by Gasteiger charge is 2.06. The molecule has 0 spiro atoms. The first-order valence-corrected chi connectivity index (χ1v) is 6.88. The summed E-state index contributed by atoms with van der Waals surface area (Å²) >= 11 is 6.67. The van der Waals surface area contributed by atoms with Crippen molar-refractivity contribution in [3.8, 4) is 0 Å². The fourth-order valence-corrected chi connectivity index (χ4v) is 2.11. The minimum atomic E-state index is -0.178. The molecule has 0 fully saturated rings. The summed E-state index contributed by atoms with van der Waals surface area (Å²) < 4.78 is 1.85. The second kappa shape index (κ2) is 6.11. The fourth-order valence-electron chi connectivity index (χ4n) is 1.43. The molecule has 1 aromatic heterocycles. The first-order valence-electron chi connectivity index (χ1n) is 5.29. The normalized spacial score (nSPS) is 10.1. The molecule has 0 aliphatic heterocycles. The molecule has 0 aliphatic carbocycles. The Bertz CT molecular complexity index is 555. The van der Waals surface area contributed by atoms with Gasteiger partial charge in [-0.2, -0.15) is 0 Å². The number of halogens is 2. The van der Waals surface area contributed by atoms with Gasteiger partial charge in [0.05, 0.1) is 0 Å². The highest BCUT2D eigenvalue weighted by molar-refractivity contribution is 9.10. The molecule has 0 radical (unpaired) electrons. The highest BCUT2D eigenvalue weighted by atomic mass is 79.9. The van der Waals surface area contributed by atoms with E-state index in [4.69, 9.17) is 0 Å². The maximum Gasteiger partial charge on any atom is 0.270 e. The summed E-state index contributed by atoms with van der Waals surface area (Å²) in [5.41, 5.74) is 1.45. The first kappa shape index (κ1) is 13.2. The molecule has 0 unspecified atom stereocenters. The Kier molecular flexibility index (Phi) is 4.49. The molecular formula is C13H10Br2N2O. The van der Waals surface area contributed by atoms with Gasteiger partial charge in [-0.1, -0.05) is 28.1 Å². The smallest absolute Gasteiger partial charge is 0.270 e. The van der Waals surface area contributed by atoms with Crippen LogP contribution in [0.1, 0.15) is 16.1 Å². The standard InChI is InChI=1S/C13H10Br2N2O/c14-10-3-1-2-9(6-10)7-17-13(18)12-5-4-11(15)8-16-12/h1-6,8H,7H2,(H,17,18). The predicted molar refractivity (Wildman–Crippen MR) is 77.2 cm³/mol. The summed E-state index contributed by atoms with van der Waals surface area (Å²) in [6.45, 7) is 0.482. The van der Waals surface area contributed by atoms with Gasteiger partial charge in [-0.15, -0.1) is 0 Å². The lowest BCUT2D eigenvalue weighted by Gasteiger charge is -2.05. The van der Waals surface area contributed by atoms with Crippen molar-refractivity contribution in [2.45, 2.75) is 6.54 Å². The van der Waals surface area contributed by atoms with Crippen LogP contribution in [-0.4, -0.2) is 10.9 Å². The Morgan fingerprint density at radius 1 is 1.17 bits per heavy atom. The molecule has 0 atom stereocenters. The average Bonchev–Trinajstić information content (AvgIpc) is 2.37. The Labute approximate surface area is 122 Å². The van der Waals surface area contributed by atoms with Crippen molar-refractivity contribution in [3.05, 3.63) is 62.8 Å². The number of hydrogen-bond acceptors (Lipinski definition) is 2. The third-order valence-corrected chi connectivity index (χ3v) is 3.26. The average molecular weight is 370 g/mol. The van der Waals surface area contributed by atoms with E-state index in [-0.39, 0.29) is 5.91 Å². The van der Waals surface area contributed by atoms with E-state index in [0.717, 1.165) is 14.5 Å². The lowest BCUT2D eigenvalue weighted by Crippen LogP contribution is -2.23. The molecule has 0 saturated carbocycles. The van der Waals surface area contributed by atoms with E-state index in [0.29, 0.717) is 12.2 Å². The van der Waals surface area contributed by atoms with Gasteiger partial charge < -0.3 is 5.32 Å². The maximum absolute atomic E-state index is 11.8. The van der Waals surface area contributed by atoms with E-state index in [9.17, 15) is 4.79 Å². The molecule has 92 valence electrons. The summed E-state index contributed by atoms with van der Waals surface area (Å²) in [6, 6.07) is 11.3. The first-order chi connectivity index (χ1) is 8.65. The van der Waals surface area contributed by atoms with Crippen molar-refractivity contribution in [1.29, 1.82) is 0 Å². The van der Waals surface area contributed by atoms with Crippen LogP contribution in [0.15, 0.2) is 51.5 Å². The van der Waals surface area contributed by atoms with Gasteiger partial charge in [0.2, 0.25) is 0 Å². The van der Waals surface area contributed by atoms with Gasteiger partial charge in [-0.3, -0.25) is 4.79 Å². The lowest BCUT2D eigenvalue weighted by molar-refractivity contribution is 0.0946. The molecule has 18 heavy (non-hydrogen) atoms. The summed E-state index contributed by atoms with van der Waals surface area (Å²) in [7, 11) is 0. The molecule has 0 bridgehead atoms. The minimum absolute atomic E-state index is 0.178. The number of aromatic nitrogens is 1. The summed E-state index contributed by atoms with van der Waals surface area (Å²) in [6.07, 6.45) is 1.61. The molecule has 0 saturated heterocycles. The monoisotopic (exact) mass is 368 g/mol. The number of nitrogens with zero attached hydrogens (tertiary/aromatic N) is 1. The Balaban J connectivity index is 1.98. The molecule has 5 heteroatoms. The van der Waals surface area contributed by atoms with E-state index in [2.05, 4.69) is 42.2 Å².